The number of hydrogen-bond acceptors (Lipinski definition) is 6. The predicted octanol–water partition coefficient (Wildman–Crippen LogP) is 1.72. The first-order valence-corrected chi connectivity index (χ1v) is 7.15. The lowest BCUT2D eigenvalue weighted by Crippen LogP contribution is -2.37. The monoisotopic (exact) mass is 300 g/mol. The van der Waals surface area contributed by atoms with E-state index in [2.05, 4.69) is 4.90 Å². The second-order valence-electron chi connectivity index (χ2n) is 4.68. The van der Waals surface area contributed by atoms with Crippen molar-refractivity contribution in [2.45, 2.75) is 25.5 Å². The van der Waals surface area contributed by atoms with E-state index in [0.29, 0.717) is 6.54 Å². The molecule has 1 aliphatic rings. The molecule has 0 spiro atoms. The van der Waals surface area contributed by atoms with Crippen LogP contribution in [0, 0.1) is 10.1 Å². The second kappa shape index (κ2) is 6.78. The summed E-state index contributed by atoms with van der Waals surface area (Å²) in [5.74, 6) is -0.946. The molecule has 1 aromatic rings. The van der Waals surface area contributed by atoms with Gasteiger partial charge in [-0.25, -0.2) is 4.79 Å². The van der Waals surface area contributed by atoms with Crippen LogP contribution in [0.1, 0.15) is 17.7 Å². The van der Waals surface area contributed by atoms with Gasteiger partial charge < -0.3 is 9.84 Å². The molecular weight excluding hydrogens is 284 g/mol. The van der Waals surface area contributed by atoms with Gasteiger partial charge in [0.05, 0.1) is 11.0 Å². The van der Waals surface area contributed by atoms with Crippen LogP contribution in [-0.4, -0.2) is 46.7 Å². The SMILES string of the molecule is O=C(O)COC1CCN(Cc2ccc([N+](=O)[O-])s2)CC1. The Hall–Kier alpha value is -1.51. The van der Waals surface area contributed by atoms with Crippen molar-refractivity contribution in [2.75, 3.05) is 19.7 Å². The fourth-order valence-electron chi connectivity index (χ4n) is 2.19. The van der Waals surface area contributed by atoms with Crippen LogP contribution in [0.3, 0.4) is 0 Å². The van der Waals surface area contributed by atoms with Gasteiger partial charge in [-0.05, 0) is 18.9 Å². The summed E-state index contributed by atoms with van der Waals surface area (Å²) in [6, 6.07) is 3.32. The first kappa shape index (κ1) is 14.9. The third-order valence-electron chi connectivity index (χ3n) is 3.18. The van der Waals surface area contributed by atoms with Gasteiger partial charge in [0.1, 0.15) is 6.61 Å². The molecule has 1 saturated heterocycles. The molecule has 1 aromatic heterocycles. The fourth-order valence-corrected chi connectivity index (χ4v) is 3.06. The van der Waals surface area contributed by atoms with Gasteiger partial charge in [0.2, 0.25) is 0 Å². The molecule has 0 amide bonds. The Balaban J connectivity index is 1.76. The van der Waals surface area contributed by atoms with Crippen molar-refractivity contribution in [3.8, 4) is 0 Å². The number of aliphatic carboxylic acids is 1. The Morgan fingerprint density at radius 1 is 1.50 bits per heavy atom. The largest absolute Gasteiger partial charge is 0.480 e. The molecule has 0 radical (unpaired) electrons. The third-order valence-corrected chi connectivity index (χ3v) is 4.21. The number of carboxylic acid groups (broad SMARTS) is 1. The van der Waals surface area contributed by atoms with Gasteiger partial charge in [-0.1, -0.05) is 11.3 Å². The molecule has 7 nitrogen and oxygen atoms in total. The van der Waals surface area contributed by atoms with E-state index >= 15 is 0 Å². The van der Waals surface area contributed by atoms with E-state index in [1.54, 1.807) is 6.07 Å². The first-order valence-electron chi connectivity index (χ1n) is 6.33. The number of thiophene rings is 1. The normalized spacial score (nSPS) is 17.2. The van der Waals surface area contributed by atoms with Crippen LogP contribution in [0.5, 0.6) is 0 Å². The molecular formula is C12H16N2O5S. The van der Waals surface area contributed by atoms with Crippen LogP contribution in [0.2, 0.25) is 0 Å². The summed E-state index contributed by atoms with van der Waals surface area (Å²) < 4.78 is 5.27. The minimum absolute atomic E-state index is 0.0000202. The van der Waals surface area contributed by atoms with Gasteiger partial charge in [0.25, 0.3) is 0 Å². The lowest BCUT2D eigenvalue weighted by atomic mass is 10.1. The summed E-state index contributed by atoms with van der Waals surface area (Å²) in [5, 5.41) is 19.3. The van der Waals surface area contributed by atoms with Crippen LogP contribution in [0.4, 0.5) is 5.00 Å². The lowest BCUT2D eigenvalue weighted by molar-refractivity contribution is -0.380. The van der Waals surface area contributed by atoms with Crippen LogP contribution >= 0.6 is 11.3 Å². The van der Waals surface area contributed by atoms with E-state index in [-0.39, 0.29) is 22.6 Å². The molecule has 1 fully saturated rings. The van der Waals surface area contributed by atoms with Crippen molar-refractivity contribution in [1.82, 2.24) is 4.90 Å². The number of nitro groups is 1. The number of hydrogen-bond donors (Lipinski definition) is 1. The van der Waals surface area contributed by atoms with Crippen molar-refractivity contribution >= 4 is 22.3 Å². The Labute approximate surface area is 119 Å². The molecule has 0 aromatic carbocycles. The lowest BCUT2D eigenvalue weighted by Gasteiger charge is -2.31. The Kier molecular flexibility index (Phi) is 5.05. The number of likely N-dealkylation sites (tertiary alicyclic amines) is 1. The fraction of sp³-hybridized carbons (Fsp3) is 0.583. The molecule has 1 aliphatic heterocycles. The van der Waals surface area contributed by atoms with Crippen molar-refractivity contribution in [1.29, 1.82) is 0 Å². The van der Waals surface area contributed by atoms with Crippen LogP contribution in [0.25, 0.3) is 0 Å². The minimum atomic E-state index is -0.946. The molecule has 110 valence electrons. The van der Waals surface area contributed by atoms with Crippen LogP contribution in [-0.2, 0) is 16.1 Å². The van der Waals surface area contributed by atoms with E-state index in [1.165, 1.54) is 17.4 Å². The standard InChI is InChI=1S/C12H16N2O5S/c15-12(16)8-19-9-3-5-13(6-4-9)7-10-1-2-11(20-10)14(17)18/h1-2,9H,3-8H2,(H,15,16). The van der Waals surface area contributed by atoms with E-state index < -0.39 is 5.97 Å². The Morgan fingerprint density at radius 2 is 2.20 bits per heavy atom. The van der Waals surface area contributed by atoms with Gasteiger partial charge in [-0.3, -0.25) is 15.0 Å². The van der Waals surface area contributed by atoms with Gasteiger partial charge in [0.15, 0.2) is 0 Å². The molecule has 1 N–H and O–H groups in total. The highest BCUT2D eigenvalue weighted by Gasteiger charge is 2.21. The molecule has 2 heterocycles. The van der Waals surface area contributed by atoms with E-state index in [0.717, 1.165) is 30.8 Å². The molecule has 0 aliphatic carbocycles. The summed E-state index contributed by atoms with van der Waals surface area (Å²) in [6.45, 7) is 2.08. The van der Waals surface area contributed by atoms with Crippen molar-refractivity contribution in [2.24, 2.45) is 0 Å². The van der Waals surface area contributed by atoms with Gasteiger partial charge in [-0.2, -0.15) is 0 Å². The van der Waals surface area contributed by atoms with E-state index in [4.69, 9.17) is 9.84 Å². The predicted molar refractivity (Wildman–Crippen MR) is 72.9 cm³/mol. The maximum atomic E-state index is 10.6. The van der Waals surface area contributed by atoms with Crippen molar-refractivity contribution < 1.29 is 19.6 Å². The number of ether oxygens (including phenoxy) is 1. The van der Waals surface area contributed by atoms with Crippen LogP contribution in [0.15, 0.2) is 12.1 Å². The zero-order chi connectivity index (χ0) is 14.5. The molecule has 8 heteroatoms. The molecule has 20 heavy (non-hydrogen) atoms. The Morgan fingerprint density at radius 3 is 2.75 bits per heavy atom. The first-order chi connectivity index (χ1) is 9.54. The third kappa shape index (κ3) is 4.26. The quantitative estimate of drug-likeness (QED) is 0.635. The number of nitrogens with zero attached hydrogens (tertiary/aromatic N) is 2. The molecule has 2 rings (SSSR count). The number of rotatable bonds is 6. The molecule has 0 bridgehead atoms. The highest BCUT2D eigenvalue weighted by molar-refractivity contribution is 7.15. The average Bonchev–Trinajstić information content (AvgIpc) is 2.86. The second-order valence-corrected chi connectivity index (χ2v) is 5.82. The highest BCUT2D eigenvalue weighted by Crippen LogP contribution is 2.26. The van der Waals surface area contributed by atoms with Crippen LogP contribution < -0.4 is 0 Å². The zero-order valence-electron chi connectivity index (χ0n) is 10.9. The highest BCUT2D eigenvalue weighted by atomic mass is 32.1. The Bertz CT molecular complexity index is 482. The van der Waals surface area contributed by atoms with E-state index in [9.17, 15) is 14.9 Å². The average molecular weight is 300 g/mol. The van der Waals surface area contributed by atoms with Gasteiger partial charge in [0, 0.05) is 30.6 Å². The van der Waals surface area contributed by atoms with Gasteiger partial charge >= 0.3 is 11.0 Å². The summed E-state index contributed by atoms with van der Waals surface area (Å²) in [5.41, 5.74) is 0. The minimum Gasteiger partial charge on any atom is -0.480 e. The number of piperidine rings is 1. The number of carbonyl (C=O) groups is 1. The molecule has 0 saturated carbocycles. The molecule has 0 unspecified atom stereocenters. The number of carboxylic acids is 1. The maximum Gasteiger partial charge on any atom is 0.329 e. The van der Waals surface area contributed by atoms with Gasteiger partial charge in [-0.15, -0.1) is 0 Å². The summed E-state index contributed by atoms with van der Waals surface area (Å²) in [6.07, 6.45) is 1.58. The zero-order valence-corrected chi connectivity index (χ0v) is 11.7. The topological polar surface area (TPSA) is 92.9 Å². The summed E-state index contributed by atoms with van der Waals surface area (Å²) in [7, 11) is 0. The smallest absolute Gasteiger partial charge is 0.329 e. The summed E-state index contributed by atoms with van der Waals surface area (Å²) >= 11 is 1.20. The maximum absolute atomic E-state index is 10.6. The summed E-state index contributed by atoms with van der Waals surface area (Å²) in [4.78, 5) is 23.8. The van der Waals surface area contributed by atoms with Crippen molar-refractivity contribution in [3.05, 3.63) is 27.1 Å². The molecule has 0 atom stereocenters. The van der Waals surface area contributed by atoms with E-state index in [1.807, 2.05) is 0 Å². The van der Waals surface area contributed by atoms with Crippen molar-refractivity contribution in [3.63, 3.8) is 0 Å².